The van der Waals surface area contributed by atoms with Crippen molar-refractivity contribution < 1.29 is 19.5 Å². The van der Waals surface area contributed by atoms with Gasteiger partial charge in [-0.25, -0.2) is 15.2 Å². The number of nitrogens with two attached hydrogens (primary N) is 1. The van der Waals surface area contributed by atoms with E-state index in [9.17, 15) is 14.4 Å². The molecular weight excluding hydrogens is 218 g/mol. The number of nitrogens with zero attached hydrogens (tertiary/aromatic N) is 2. The molecule has 5 N–H and O–H groups in total. The van der Waals surface area contributed by atoms with Crippen molar-refractivity contribution in [3.05, 3.63) is 18.2 Å². The van der Waals surface area contributed by atoms with E-state index >= 15 is 0 Å². The van der Waals surface area contributed by atoms with Gasteiger partial charge in [0.05, 0.1) is 0 Å². The van der Waals surface area contributed by atoms with Crippen LogP contribution >= 0.6 is 0 Å². The minimum Gasteiger partial charge on any atom is -0.464 e. The Morgan fingerprint density at radius 3 is 2.69 bits per heavy atom. The van der Waals surface area contributed by atoms with Crippen LogP contribution in [0.2, 0.25) is 0 Å². The van der Waals surface area contributed by atoms with E-state index in [1.807, 2.05) is 5.43 Å². The van der Waals surface area contributed by atoms with Crippen molar-refractivity contribution in [2.45, 2.75) is 6.54 Å². The van der Waals surface area contributed by atoms with Crippen molar-refractivity contribution in [1.82, 2.24) is 20.4 Å². The predicted octanol–water partition coefficient (Wildman–Crippen LogP) is -1.72. The molecule has 9 nitrogen and oxygen atoms in total. The number of hydrogen-bond donors (Lipinski definition) is 4. The van der Waals surface area contributed by atoms with Gasteiger partial charge < -0.3 is 15.4 Å². The quantitative estimate of drug-likeness (QED) is 0.455. The van der Waals surface area contributed by atoms with Crippen molar-refractivity contribution in [3.63, 3.8) is 0 Å². The third kappa shape index (κ3) is 2.97. The van der Waals surface area contributed by atoms with Crippen LogP contribution in [0.25, 0.3) is 0 Å². The number of aromatic nitrogens is 2. The Morgan fingerprint density at radius 2 is 2.12 bits per heavy atom. The molecule has 0 fully saturated rings. The first-order chi connectivity index (χ1) is 7.50. The number of hydrogen-bond acceptors (Lipinski definition) is 4. The van der Waals surface area contributed by atoms with Gasteiger partial charge in [-0.15, -0.1) is 0 Å². The van der Waals surface area contributed by atoms with Crippen LogP contribution in [0, 0.1) is 0 Å². The Balaban J connectivity index is 2.59. The Kier molecular flexibility index (Phi) is 3.43. The monoisotopic (exact) mass is 227 g/mol. The Labute approximate surface area is 89.2 Å². The second-order valence-corrected chi connectivity index (χ2v) is 2.72. The van der Waals surface area contributed by atoms with Gasteiger partial charge in [-0.1, -0.05) is 0 Å². The van der Waals surface area contributed by atoms with Gasteiger partial charge in [-0.2, -0.15) is 0 Å². The fourth-order valence-corrected chi connectivity index (χ4v) is 0.979. The number of amides is 3. The van der Waals surface area contributed by atoms with Gasteiger partial charge >= 0.3 is 6.09 Å². The molecule has 0 spiro atoms. The number of imidazole rings is 1. The van der Waals surface area contributed by atoms with Gasteiger partial charge in [0, 0.05) is 12.4 Å². The SMILES string of the molecule is NC(=O)c1nccn1CC(=O)NNC(=O)O. The summed E-state index contributed by atoms with van der Waals surface area (Å²) in [5, 5.41) is 8.21. The number of carboxylic acid groups (broad SMARTS) is 1. The molecular formula is C7H9N5O4. The zero-order valence-electron chi connectivity index (χ0n) is 8.01. The molecule has 9 heteroatoms. The summed E-state index contributed by atoms with van der Waals surface area (Å²) in [4.78, 5) is 35.7. The fourth-order valence-electron chi connectivity index (χ4n) is 0.979. The van der Waals surface area contributed by atoms with Crippen LogP contribution in [0.4, 0.5) is 4.79 Å². The van der Waals surface area contributed by atoms with Gasteiger partial charge in [0.25, 0.3) is 11.8 Å². The summed E-state index contributed by atoms with van der Waals surface area (Å²) in [6, 6.07) is 0. The lowest BCUT2D eigenvalue weighted by molar-refractivity contribution is -0.122. The van der Waals surface area contributed by atoms with Gasteiger partial charge in [-0.3, -0.25) is 15.0 Å². The average Bonchev–Trinajstić information content (AvgIpc) is 2.62. The third-order valence-electron chi connectivity index (χ3n) is 1.56. The van der Waals surface area contributed by atoms with Crippen LogP contribution in [0.3, 0.4) is 0 Å². The highest BCUT2D eigenvalue weighted by atomic mass is 16.4. The Bertz CT molecular complexity index is 426. The van der Waals surface area contributed by atoms with Crippen molar-refractivity contribution in [3.8, 4) is 0 Å². The summed E-state index contributed by atoms with van der Waals surface area (Å²) >= 11 is 0. The molecule has 1 heterocycles. The highest BCUT2D eigenvalue weighted by molar-refractivity contribution is 5.89. The van der Waals surface area contributed by atoms with Crippen LogP contribution < -0.4 is 16.6 Å². The van der Waals surface area contributed by atoms with E-state index in [0.29, 0.717) is 0 Å². The summed E-state index contributed by atoms with van der Waals surface area (Å²) in [6.45, 7) is -0.265. The van der Waals surface area contributed by atoms with Crippen LogP contribution in [0.15, 0.2) is 12.4 Å². The lowest BCUT2D eigenvalue weighted by atomic mass is 10.5. The number of primary amides is 1. The Hall–Kier alpha value is -2.58. The van der Waals surface area contributed by atoms with E-state index < -0.39 is 17.9 Å². The molecule has 0 aliphatic rings. The minimum absolute atomic E-state index is 0.0783. The van der Waals surface area contributed by atoms with E-state index in [0.717, 1.165) is 0 Å². The minimum atomic E-state index is -1.39. The van der Waals surface area contributed by atoms with Gasteiger partial charge in [0.1, 0.15) is 6.54 Å². The van der Waals surface area contributed by atoms with Crippen LogP contribution in [-0.2, 0) is 11.3 Å². The number of nitrogens with one attached hydrogen (secondary N) is 2. The van der Waals surface area contributed by atoms with Crippen molar-refractivity contribution in [2.24, 2.45) is 5.73 Å². The second-order valence-electron chi connectivity index (χ2n) is 2.72. The van der Waals surface area contributed by atoms with E-state index in [2.05, 4.69) is 4.98 Å². The molecule has 1 aromatic rings. The second kappa shape index (κ2) is 4.77. The molecule has 0 saturated carbocycles. The molecule has 86 valence electrons. The zero-order chi connectivity index (χ0) is 12.1. The molecule has 0 radical (unpaired) electrons. The van der Waals surface area contributed by atoms with E-state index in [-0.39, 0.29) is 12.4 Å². The highest BCUT2D eigenvalue weighted by Gasteiger charge is 2.11. The summed E-state index contributed by atoms with van der Waals surface area (Å²) in [6.07, 6.45) is 1.28. The third-order valence-corrected chi connectivity index (χ3v) is 1.56. The lowest BCUT2D eigenvalue weighted by Crippen LogP contribution is -2.42. The maximum absolute atomic E-state index is 11.2. The van der Waals surface area contributed by atoms with Crippen LogP contribution in [-0.4, -0.2) is 32.6 Å². The van der Waals surface area contributed by atoms with E-state index in [1.54, 1.807) is 5.43 Å². The summed E-state index contributed by atoms with van der Waals surface area (Å²) in [5.41, 5.74) is 8.56. The van der Waals surface area contributed by atoms with Gasteiger partial charge in [-0.05, 0) is 0 Å². The smallest absolute Gasteiger partial charge is 0.423 e. The summed E-state index contributed by atoms with van der Waals surface area (Å²) in [5.74, 6) is -1.50. The van der Waals surface area contributed by atoms with E-state index in [4.69, 9.17) is 10.8 Å². The molecule has 0 aliphatic heterocycles. The number of carbonyl (C=O) groups excluding carboxylic acids is 2. The number of carbonyl (C=O) groups is 3. The standard InChI is InChI=1S/C7H9N5O4/c8-5(14)6-9-1-2-12(6)3-4(13)10-11-7(15)16/h1-2,11H,3H2,(H2,8,14)(H,10,13)(H,15,16). The molecule has 1 rings (SSSR count). The lowest BCUT2D eigenvalue weighted by Gasteiger charge is -2.06. The zero-order valence-corrected chi connectivity index (χ0v) is 8.01. The molecule has 3 amide bonds. The first kappa shape index (κ1) is 11.5. The van der Waals surface area contributed by atoms with Crippen molar-refractivity contribution in [1.29, 1.82) is 0 Å². The summed E-state index contributed by atoms with van der Waals surface area (Å²) in [7, 11) is 0. The number of rotatable bonds is 3. The highest BCUT2D eigenvalue weighted by Crippen LogP contribution is 1.95. The molecule has 0 saturated heterocycles. The molecule has 0 aliphatic carbocycles. The molecule has 0 aromatic carbocycles. The van der Waals surface area contributed by atoms with Crippen LogP contribution in [0.5, 0.6) is 0 Å². The Morgan fingerprint density at radius 1 is 1.44 bits per heavy atom. The molecule has 1 aromatic heterocycles. The summed E-state index contributed by atoms with van der Waals surface area (Å²) < 4.78 is 1.20. The maximum Gasteiger partial charge on any atom is 0.423 e. The fraction of sp³-hybridized carbons (Fsp3) is 0.143. The first-order valence-electron chi connectivity index (χ1n) is 4.09. The largest absolute Gasteiger partial charge is 0.464 e. The molecule has 16 heavy (non-hydrogen) atoms. The first-order valence-corrected chi connectivity index (χ1v) is 4.09. The van der Waals surface area contributed by atoms with E-state index in [1.165, 1.54) is 17.0 Å². The van der Waals surface area contributed by atoms with Crippen LogP contribution in [0.1, 0.15) is 10.6 Å². The topological polar surface area (TPSA) is 139 Å². The van der Waals surface area contributed by atoms with Crippen molar-refractivity contribution in [2.75, 3.05) is 0 Å². The maximum atomic E-state index is 11.2. The normalized spacial score (nSPS) is 9.50. The molecule has 0 unspecified atom stereocenters. The molecule has 0 bridgehead atoms. The van der Waals surface area contributed by atoms with Gasteiger partial charge in [0.2, 0.25) is 0 Å². The molecule has 0 atom stereocenters. The predicted molar refractivity (Wildman–Crippen MR) is 50.0 cm³/mol. The average molecular weight is 227 g/mol. The number of hydrazine groups is 1. The van der Waals surface area contributed by atoms with Crippen molar-refractivity contribution >= 4 is 17.9 Å². The van der Waals surface area contributed by atoms with Gasteiger partial charge in [0.15, 0.2) is 5.82 Å².